The second-order valence-corrected chi connectivity index (χ2v) is 5.96. The molecule has 0 aromatic rings. The summed E-state index contributed by atoms with van der Waals surface area (Å²) in [4.78, 5) is 26.3. The molecule has 0 aromatic heterocycles. The normalized spacial score (nSPS) is 24.8. The zero-order chi connectivity index (χ0) is 17.0. The van der Waals surface area contributed by atoms with E-state index in [9.17, 15) is 22.8 Å². The van der Waals surface area contributed by atoms with Gasteiger partial charge in [0.2, 0.25) is 11.8 Å². The highest BCUT2D eigenvalue weighted by molar-refractivity contribution is 5.84. The lowest BCUT2D eigenvalue weighted by Crippen LogP contribution is -2.57. The minimum Gasteiger partial charge on any atom is -0.376 e. The summed E-state index contributed by atoms with van der Waals surface area (Å²) in [6.07, 6.45) is -2.49. The van der Waals surface area contributed by atoms with E-state index in [1.165, 1.54) is 0 Å². The third-order valence-corrected chi connectivity index (χ3v) is 4.17. The zero-order valence-corrected chi connectivity index (χ0v) is 13.1. The fourth-order valence-electron chi connectivity index (χ4n) is 2.77. The van der Waals surface area contributed by atoms with Gasteiger partial charge in [-0.25, -0.2) is 0 Å². The molecule has 2 amide bonds. The van der Waals surface area contributed by atoms with Crippen LogP contribution < -0.4 is 5.32 Å². The van der Waals surface area contributed by atoms with Crippen LogP contribution in [0.25, 0.3) is 0 Å². The average Bonchev–Trinajstić information content (AvgIpc) is 2.98. The Morgan fingerprint density at radius 3 is 2.74 bits per heavy atom. The van der Waals surface area contributed by atoms with E-state index >= 15 is 0 Å². The van der Waals surface area contributed by atoms with Gasteiger partial charge >= 0.3 is 6.18 Å². The van der Waals surface area contributed by atoms with Crippen LogP contribution in [-0.2, 0) is 14.3 Å². The van der Waals surface area contributed by atoms with Gasteiger partial charge in [0.1, 0.15) is 6.54 Å². The quantitative estimate of drug-likeness (QED) is 0.788. The van der Waals surface area contributed by atoms with Crippen LogP contribution in [0.3, 0.4) is 0 Å². The summed E-state index contributed by atoms with van der Waals surface area (Å²) < 4.78 is 42.5. The van der Waals surface area contributed by atoms with Crippen molar-refractivity contribution in [2.45, 2.75) is 38.1 Å². The fraction of sp³-hybridized carbons (Fsp3) is 0.857. The van der Waals surface area contributed by atoms with Crippen LogP contribution in [0.4, 0.5) is 13.2 Å². The molecule has 0 bridgehead atoms. The van der Waals surface area contributed by atoms with Crippen molar-refractivity contribution in [2.75, 3.05) is 39.3 Å². The number of nitrogens with one attached hydrogen (secondary N) is 1. The number of hydrogen-bond acceptors (Lipinski definition) is 4. The van der Waals surface area contributed by atoms with E-state index in [1.807, 2.05) is 0 Å². The minimum absolute atomic E-state index is 0.0245. The number of ether oxygens (including phenoxy) is 1. The number of piperazine rings is 1. The fourth-order valence-corrected chi connectivity index (χ4v) is 2.77. The van der Waals surface area contributed by atoms with Crippen molar-refractivity contribution in [3.05, 3.63) is 0 Å². The SMILES string of the molecule is CC(C(=O)NCC1CCCO1)N1CCN(CC(F)(F)F)C(=O)C1. The maximum absolute atomic E-state index is 12.4. The van der Waals surface area contributed by atoms with Crippen LogP contribution in [0.5, 0.6) is 0 Å². The van der Waals surface area contributed by atoms with E-state index in [0.717, 1.165) is 17.7 Å². The highest BCUT2D eigenvalue weighted by Crippen LogP contribution is 2.18. The van der Waals surface area contributed by atoms with Gasteiger partial charge in [-0.3, -0.25) is 14.5 Å². The summed E-state index contributed by atoms with van der Waals surface area (Å²) in [6.45, 7) is 1.58. The van der Waals surface area contributed by atoms with Gasteiger partial charge < -0.3 is 15.0 Å². The zero-order valence-electron chi connectivity index (χ0n) is 13.1. The van der Waals surface area contributed by atoms with Gasteiger partial charge in [-0.1, -0.05) is 0 Å². The summed E-state index contributed by atoms with van der Waals surface area (Å²) >= 11 is 0. The van der Waals surface area contributed by atoms with Crippen molar-refractivity contribution < 1.29 is 27.5 Å². The van der Waals surface area contributed by atoms with Crippen LogP contribution in [-0.4, -0.2) is 79.3 Å². The Bertz CT molecular complexity index is 439. The van der Waals surface area contributed by atoms with Crippen molar-refractivity contribution in [1.82, 2.24) is 15.1 Å². The first-order valence-electron chi connectivity index (χ1n) is 7.74. The van der Waals surface area contributed by atoms with Crippen molar-refractivity contribution in [1.29, 1.82) is 0 Å². The maximum atomic E-state index is 12.4. The van der Waals surface area contributed by atoms with E-state index in [1.54, 1.807) is 11.8 Å². The molecule has 2 aliphatic rings. The van der Waals surface area contributed by atoms with E-state index in [4.69, 9.17) is 4.74 Å². The standard InChI is InChI=1S/C14H22F3N3O3/c1-10(13(22)18-7-11-3-2-6-23-11)19-4-5-20(12(21)8-19)9-14(15,16)17/h10-11H,2-9H2,1H3,(H,18,22). The third-order valence-electron chi connectivity index (χ3n) is 4.17. The molecule has 2 rings (SSSR count). The molecule has 23 heavy (non-hydrogen) atoms. The van der Waals surface area contributed by atoms with Crippen LogP contribution >= 0.6 is 0 Å². The molecule has 0 saturated carbocycles. The monoisotopic (exact) mass is 337 g/mol. The lowest BCUT2D eigenvalue weighted by molar-refractivity contribution is -0.166. The van der Waals surface area contributed by atoms with Gasteiger partial charge in [-0.2, -0.15) is 13.2 Å². The second-order valence-electron chi connectivity index (χ2n) is 5.96. The molecule has 2 atom stereocenters. The van der Waals surface area contributed by atoms with E-state index in [0.29, 0.717) is 13.2 Å². The molecule has 2 aliphatic heterocycles. The Morgan fingerprint density at radius 1 is 1.43 bits per heavy atom. The summed E-state index contributed by atoms with van der Waals surface area (Å²) in [5, 5.41) is 2.78. The molecular weight excluding hydrogens is 315 g/mol. The summed E-state index contributed by atoms with van der Waals surface area (Å²) in [5.41, 5.74) is 0. The third kappa shape index (κ3) is 5.35. The number of carbonyl (C=O) groups excluding carboxylic acids is 2. The topological polar surface area (TPSA) is 61.9 Å². The molecule has 2 saturated heterocycles. The van der Waals surface area contributed by atoms with Crippen molar-refractivity contribution in [2.24, 2.45) is 0 Å². The van der Waals surface area contributed by atoms with Crippen LogP contribution in [0.15, 0.2) is 0 Å². The average molecular weight is 337 g/mol. The van der Waals surface area contributed by atoms with Gasteiger partial charge in [0, 0.05) is 26.2 Å². The van der Waals surface area contributed by atoms with Crippen LogP contribution in [0.2, 0.25) is 0 Å². The summed E-state index contributed by atoms with van der Waals surface area (Å²) in [7, 11) is 0. The molecule has 0 radical (unpaired) electrons. The maximum Gasteiger partial charge on any atom is 0.406 e. The lowest BCUT2D eigenvalue weighted by atomic mass is 10.2. The Labute approximate surface area is 132 Å². The van der Waals surface area contributed by atoms with Gasteiger partial charge in [-0.05, 0) is 19.8 Å². The minimum atomic E-state index is -4.40. The van der Waals surface area contributed by atoms with E-state index in [-0.39, 0.29) is 31.6 Å². The van der Waals surface area contributed by atoms with Crippen molar-refractivity contribution in [3.63, 3.8) is 0 Å². The molecule has 132 valence electrons. The first-order chi connectivity index (χ1) is 10.8. The smallest absolute Gasteiger partial charge is 0.376 e. The predicted octanol–water partition coefficient (Wildman–Crippen LogP) is 0.377. The summed E-state index contributed by atoms with van der Waals surface area (Å²) in [6, 6.07) is -0.562. The Balaban J connectivity index is 1.78. The van der Waals surface area contributed by atoms with Gasteiger partial charge in [-0.15, -0.1) is 0 Å². The predicted molar refractivity (Wildman–Crippen MR) is 75.7 cm³/mol. The Kier molecular flexibility index (Phi) is 5.85. The van der Waals surface area contributed by atoms with E-state index in [2.05, 4.69) is 5.32 Å². The second kappa shape index (κ2) is 7.48. The first kappa shape index (κ1) is 18.0. The molecule has 2 heterocycles. The Hall–Kier alpha value is -1.35. The number of amides is 2. The van der Waals surface area contributed by atoms with Gasteiger partial charge in [0.05, 0.1) is 18.7 Å². The molecule has 0 aliphatic carbocycles. The number of hydrogen-bond donors (Lipinski definition) is 1. The number of nitrogens with zero attached hydrogens (tertiary/aromatic N) is 2. The molecule has 1 N–H and O–H groups in total. The number of rotatable bonds is 5. The highest BCUT2D eigenvalue weighted by atomic mass is 19.4. The van der Waals surface area contributed by atoms with Crippen molar-refractivity contribution in [3.8, 4) is 0 Å². The lowest BCUT2D eigenvalue weighted by Gasteiger charge is -2.37. The molecule has 0 aromatic carbocycles. The Morgan fingerprint density at radius 2 is 2.17 bits per heavy atom. The van der Waals surface area contributed by atoms with Crippen LogP contribution in [0, 0.1) is 0 Å². The number of halogens is 3. The number of carbonyl (C=O) groups is 2. The van der Waals surface area contributed by atoms with Crippen LogP contribution in [0.1, 0.15) is 19.8 Å². The molecule has 0 spiro atoms. The largest absolute Gasteiger partial charge is 0.406 e. The molecule has 2 unspecified atom stereocenters. The molecular formula is C14H22F3N3O3. The van der Waals surface area contributed by atoms with Gasteiger partial charge in [0.25, 0.3) is 0 Å². The highest BCUT2D eigenvalue weighted by Gasteiger charge is 2.37. The number of alkyl halides is 3. The van der Waals surface area contributed by atoms with Crippen molar-refractivity contribution >= 4 is 11.8 Å². The van der Waals surface area contributed by atoms with E-state index < -0.39 is 24.7 Å². The molecule has 6 nitrogen and oxygen atoms in total. The first-order valence-corrected chi connectivity index (χ1v) is 7.74. The molecule has 2 fully saturated rings. The molecule has 9 heteroatoms. The van der Waals surface area contributed by atoms with Gasteiger partial charge in [0.15, 0.2) is 0 Å². The summed E-state index contributed by atoms with van der Waals surface area (Å²) in [5.74, 6) is -0.843.